The van der Waals surface area contributed by atoms with E-state index in [0.717, 1.165) is 12.8 Å². The van der Waals surface area contributed by atoms with E-state index in [1.54, 1.807) is 0 Å². The summed E-state index contributed by atoms with van der Waals surface area (Å²) in [6, 6.07) is 0. The molecule has 0 amide bonds. The topological polar surface area (TPSA) is 55.4 Å². The molecule has 136 valence electrons. The van der Waals surface area contributed by atoms with Crippen LogP contribution in [0.15, 0.2) is 0 Å². The van der Waals surface area contributed by atoms with Crippen molar-refractivity contribution in [3.63, 3.8) is 0 Å². The summed E-state index contributed by atoms with van der Waals surface area (Å²) in [5.41, 5.74) is -0.815. The molecule has 23 heavy (non-hydrogen) atoms. The van der Waals surface area contributed by atoms with Gasteiger partial charge in [0, 0.05) is 12.8 Å². The molecular formula is C17H32O6. The molecule has 2 saturated heterocycles. The Morgan fingerprint density at radius 2 is 1.00 bits per heavy atom. The van der Waals surface area contributed by atoms with Gasteiger partial charge in [-0.1, -0.05) is 0 Å². The fraction of sp³-hybridized carbons (Fsp3) is 1.00. The average molecular weight is 332 g/mol. The van der Waals surface area contributed by atoms with E-state index in [1.807, 2.05) is 55.4 Å². The molecule has 0 radical (unpaired) electrons. The van der Waals surface area contributed by atoms with Gasteiger partial charge in [-0.05, 0) is 55.4 Å². The zero-order valence-electron chi connectivity index (χ0n) is 15.7. The zero-order valence-corrected chi connectivity index (χ0v) is 15.7. The second-order valence-corrected chi connectivity index (χ2v) is 8.56. The Bertz CT molecular complexity index is 385. The standard InChI is InChI=1S/C17H32O6/c1-12-9-14(3,4)20-22-16(7,18-12)11-17(8)19-13(2)10-15(5,6)21-23-17/h12-13H,9-11H2,1-8H3. The molecule has 0 aromatic rings. The fourth-order valence-electron chi connectivity index (χ4n) is 3.55. The van der Waals surface area contributed by atoms with Crippen LogP contribution in [0.4, 0.5) is 0 Å². The highest BCUT2D eigenvalue weighted by Gasteiger charge is 2.48. The molecule has 0 aromatic heterocycles. The molecule has 0 spiro atoms. The van der Waals surface area contributed by atoms with Gasteiger partial charge in [-0.2, -0.15) is 0 Å². The van der Waals surface area contributed by atoms with Crippen LogP contribution in [0, 0.1) is 0 Å². The van der Waals surface area contributed by atoms with Crippen LogP contribution in [0.25, 0.3) is 0 Å². The van der Waals surface area contributed by atoms with Crippen molar-refractivity contribution in [2.24, 2.45) is 0 Å². The molecule has 0 aliphatic carbocycles. The van der Waals surface area contributed by atoms with Gasteiger partial charge in [-0.3, -0.25) is 0 Å². The molecule has 6 heteroatoms. The maximum Gasteiger partial charge on any atom is 0.204 e. The third-order valence-electron chi connectivity index (χ3n) is 3.99. The van der Waals surface area contributed by atoms with Crippen LogP contribution in [0.1, 0.15) is 74.7 Å². The Morgan fingerprint density at radius 3 is 1.35 bits per heavy atom. The predicted molar refractivity (Wildman–Crippen MR) is 84.3 cm³/mol. The lowest BCUT2D eigenvalue weighted by Gasteiger charge is -2.37. The van der Waals surface area contributed by atoms with Gasteiger partial charge in [0.05, 0.1) is 18.6 Å². The lowest BCUT2D eigenvalue weighted by Crippen LogP contribution is -2.46. The van der Waals surface area contributed by atoms with Gasteiger partial charge in [0.25, 0.3) is 0 Å². The number of ether oxygens (including phenoxy) is 2. The number of hydrogen-bond donors (Lipinski definition) is 0. The second-order valence-electron chi connectivity index (χ2n) is 8.56. The minimum absolute atomic E-state index is 0.0124. The molecule has 2 heterocycles. The Hall–Kier alpha value is -0.240. The SMILES string of the molecule is CC1CC(C)(C)OOC(C)(CC2(C)OOC(C)(C)CC(C)O2)O1. The van der Waals surface area contributed by atoms with E-state index in [-0.39, 0.29) is 12.2 Å². The first-order valence-corrected chi connectivity index (χ1v) is 8.41. The summed E-state index contributed by atoms with van der Waals surface area (Å²) in [6.07, 6.45) is 1.77. The van der Waals surface area contributed by atoms with Crippen LogP contribution < -0.4 is 0 Å². The van der Waals surface area contributed by atoms with E-state index >= 15 is 0 Å². The summed E-state index contributed by atoms with van der Waals surface area (Å²) >= 11 is 0. The third-order valence-corrected chi connectivity index (χ3v) is 3.99. The second kappa shape index (κ2) is 6.24. The molecule has 2 rings (SSSR count). The van der Waals surface area contributed by atoms with E-state index < -0.39 is 22.8 Å². The maximum absolute atomic E-state index is 6.07. The van der Waals surface area contributed by atoms with Crippen molar-refractivity contribution >= 4 is 0 Å². The Morgan fingerprint density at radius 1 is 0.652 bits per heavy atom. The normalized spacial score (nSPS) is 44.3. The average Bonchev–Trinajstić information content (AvgIpc) is 2.47. The zero-order chi connectivity index (χ0) is 17.5. The molecule has 0 N–H and O–H groups in total. The minimum atomic E-state index is -0.987. The maximum atomic E-state index is 6.07. The van der Waals surface area contributed by atoms with Crippen LogP contribution in [0.2, 0.25) is 0 Å². The first-order chi connectivity index (χ1) is 10.3. The van der Waals surface area contributed by atoms with Crippen molar-refractivity contribution in [1.82, 2.24) is 0 Å². The summed E-state index contributed by atoms with van der Waals surface area (Å²) in [6.45, 7) is 15.6. The van der Waals surface area contributed by atoms with Gasteiger partial charge in [0.15, 0.2) is 0 Å². The van der Waals surface area contributed by atoms with Gasteiger partial charge in [-0.15, -0.1) is 0 Å². The van der Waals surface area contributed by atoms with Crippen molar-refractivity contribution < 1.29 is 29.0 Å². The molecule has 0 bridgehead atoms. The molecule has 2 fully saturated rings. The highest BCUT2D eigenvalue weighted by molar-refractivity contribution is 4.82. The smallest absolute Gasteiger partial charge is 0.204 e. The summed E-state index contributed by atoms with van der Waals surface area (Å²) in [5, 5.41) is 0. The summed E-state index contributed by atoms with van der Waals surface area (Å²) in [4.78, 5) is 22.4. The van der Waals surface area contributed by atoms with Gasteiger partial charge in [0.1, 0.15) is 11.2 Å². The largest absolute Gasteiger partial charge is 0.344 e. The first kappa shape index (κ1) is 19.1. The van der Waals surface area contributed by atoms with E-state index in [9.17, 15) is 0 Å². The summed E-state index contributed by atoms with van der Waals surface area (Å²) in [7, 11) is 0. The quantitative estimate of drug-likeness (QED) is 0.715. The van der Waals surface area contributed by atoms with Crippen molar-refractivity contribution in [3.8, 4) is 0 Å². The monoisotopic (exact) mass is 332 g/mol. The van der Waals surface area contributed by atoms with Crippen molar-refractivity contribution in [2.75, 3.05) is 0 Å². The van der Waals surface area contributed by atoms with Crippen LogP contribution in [-0.2, 0) is 29.0 Å². The predicted octanol–water partition coefficient (Wildman–Crippen LogP) is 3.88. The van der Waals surface area contributed by atoms with E-state index in [2.05, 4.69) is 0 Å². The minimum Gasteiger partial charge on any atom is -0.344 e. The van der Waals surface area contributed by atoms with Crippen LogP contribution in [0.3, 0.4) is 0 Å². The van der Waals surface area contributed by atoms with Crippen LogP contribution in [0.5, 0.6) is 0 Å². The van der Waals surface area contributed by atoms with Crippen molar-refractivity contribution in [3.05, 3.63) is 0 Å². The van der Waals surface area contributed by atoms with Gasteiger partial charge in [0.2, 0.25) is 11.6 Å². The molecule has 4 atom stereocenters. The van der Waals surface area contributed by atoms with E-state index in [4.69, 9.17) is 29.0 Å². The Labute approximate surface area is 139 Å². The lowest BCUT2D eigenvalue weighted by atomic mass is 10.0. The molecular weight excluding hydrogens is 300 g/mol. The van der Waals surface area contributed by atoms with E-state index in [1.165, 1.54) is 0 Å². The van der Waals surface area contributed by atoms with Crippen molar-refractivity contribution in [2.45, 2.75) is 110 Å². The highest BCUT2D eigenvalue weighted by atomic mass is 17.3. The van der Waals surface area contributed by atoms with Crippen LogP contribution in [-0.4, -0.2) is 35.0 Å². The molecule has 2 aliphatic rings. The number of rotatable bonds is 2. The molecule has 0 aromatic carbocycles. The van der Waals surface area contributed by atoms with Crippen LogP contribution >= 0.6 is 0 Å². The van der Waals surface area contributed by atoms with Gasteiger partial charge >= 0.3 is 0 Å². The molecule has 0 saturated carbocycles. The van der Waals surface area contributed by atoms with Gasteiger partial charge < -0.3 is 9.47 Å². The molecule has 6 nitrogen and oxygen atoms in total. The van der Waals surface area contributed by atoms with Gasteiger partial charge in [-0.25, -0.2) is 19.6 Å². The molecule has 4 unspecified atom stereocenters. The Kier molecular flexibility index (Phi) is 5.18. The lowest BCUT2D eigenvalue weighted by molar-refractivity contribution is -0.486. The van der Waals surface area contributed by atoms with Crippen molar-refractivity contribution in [1.29, 1.82) is 0 Å². The Balaban J connectivity index is 2.12. The highest BCUT2D eigenvalue weighted by Crippen LogP contribution is 2.39. The summed E-state index contributed by atoms with van der Waals surface area (Å²) in [5.74, 6) is -1.97. The summed E-state index contributed by atoms with van der Waals surface area (Å²) < 4.78 is 12.1. The molecule has 2 aliphatic heterocycles. The third kappa shape index (κ3) is 5.37. The first-order valence-electron chi connectivity index (χ1n) is 8.41. The van der Waals surface area contributed by atoms with E-state index in [0.29, 0.717) is 6.42 Å². The number of hydrogen-bond acceptors (Lipinski definition) is 6. The fourth-order valence-corrected chi connectivity index (χ4v) is 3.55.